The molecule has 1 saturated heterocycles. The second-order valence-corrected chi connectivity index (χ2v) is 3.97. The molecule has 1 unspecified atom stereocenters. The fourth-order valence-corrected chi connectivity index (χ4v) is 1.81. The van der Waals surface area contributed by atoms with E-state index in [-0.39, 0.29) is 29.5 Å². The molecule has 1 aliphatic heterocycles. The highest BCUT2D eigenvalue weighted by atomic mass is 19.1. The van der Waals surface area contributed by atoms with Crippen LogP contribution in [0.2, 0.25) is 0 Å². The first-order chi connectivity index (χ1) is 8.54. The van der Waals surface area contributed by atoms with Crippen molar-refractivity contribution in [2.24, 2.45) is 0 Å². The maximum atomic E-state index is 13.4. The molecule has 2 amide bonds. The summed E-state index contributed by atoms with van der Waals surface area (Å²) < 4.78 is 13.4. The summed E-state index contributed by atoms with van der Waals surface area (Å²) in [5.41, 5.74) is 0.0613. The number of carbonyl (C=O) groups is 2. The predicted octanol–water partition coefficient (Wildman–Crippen LogP) is 0.867. The monoisotopic (exact) mass is 247 g/mol. The number of likely N-dealkylation sites (tertiary alicyclic amines) is 1. The van der Waals surface area contributed by atoms with Crippen molar-refractivity contribution in [2.45, 2.75) is 12.5 Å². The number of imide groups is 1. The molecule has 1 heterocycles. The number of nitrogens with one attached hydrogen (secondary N) is 1. The van der Waals surface area contributed by atoms with Gasteiger partial charge in [-0.15, -0.1) is 0 Å². The largest absolute Gasteiger partial charge is 0.372 e. The van der Waals surface area contributed by atoms with Gasteiger partial charge >= 0.3 is 0 Å². The number of nitrogens with zero attached hydrogens (tertiary/aromatic N) is 2. The van der Waals surface area contributed by atoms with E-state index in [1.165, 1.54) is 19.2 Å². The zero-order chi connectivity index (χ0) is 13.3. The van der Waals surface area contributed by atoms with Gasteiger partial charge in [-0.25, -0.2) is 4.39 Å². The Kier molecular flexibility index (Phi) is 2.98. The molecule has 1 fully saturated rings. The molecule has 1 atom stereocenters. The molecule has 1 aromatic rings. The third-order valence-electron chi connectivity index (χ3n) is 2.84. The Morgan fingerprint density at radius 3 is 2.78 bits per heavy atom. The quantitative estimate of drug-likeness (QED) is 0.787. The highest BCUT2D eigenvalue weighted by Crippen LogP contribution is 2.22. The second kappa shape index (κ2) is 4.45. The van der Waals surface area contributed by atoms with Crippen LogP contribution in [0.15, 0.2) is 18.2 Å². The molecule has 0 spiro atoms. The van der Waals surface area contributed by atoms with Crippen LogP contribution >= 0.6 is 0 Å². The van der Waals surface area contributed by atoms with Gasteiger partial charge in [0, 0.05) is 7.05 Å². The minimum atomic E-state index is -0.739. The first-order valence-corrected chi connectivity index (χ1v) is 5.30. The third-order valence-corrected chi connectivity index (χ3v) is 2.84. The molecule has 6 heteroatoms. The lowest BCUT2D eigenvalue weighted by molar-refractivity contribution is -0.136. The molecule has 1 aliphatic rings. The van der Waals surface area contributed by atoms with Gasteiger partial charge in [-0.05, 0) is 12.1 Å². The van der Waals surface area contributed by atoms with Crippen LogP contribution in [0.5, 0.6) is 0 Å². The molecule has 5 nitrogen and oxygen atoms in total. The number of hydrogen-bond donors (Lipinski definition) is 1. The van der Waals surface area contributed by atoms with Crippen molar-refractivity contribution in [3.05, 3.63) is 29.6 Å². The molecule has 0 aliphatic carbocycles. The number of benzene rings is 1. The van der Waals surface area contributed by atoms with Crippen molar-refractivity contribution in [3.63, 3.8) is 0 Å². The fraction of sp³-hybridized carbons (Fsp3) is 0.250. The van der Waals surface area contributed by atoms with Crippen LogP contribution in [-0.4, -0.2) is 29.8 Å². The van der Waals surface area contributed by atoms with E-state index in [1.807, 2.05) is 0 Å². The van der Waals surface area contributed by atoms with Crippen LogP contribution in [0, 0.1) is 17.1 Å². The minimum absolute atomic E-state index is 0.0106. The molecule has 18 heavy (non-hydrogen) atoms. The van der Waals surface area contributed by atoms with Crippen molar-refractivity contribution < 1.29 is 14.0 Å². The normalized spacial score (nSPS) is 18.9. The molecular formula is C12H10FN3O2. The highest BCUT2D eigenvalue weighted by molar-refractivity contribution is 6.06. The van der Waals surface area contributed by atoms with Crippen molar-refractivity contribution in [1.82, 2.24) is 4.90 Å². The summed E-state index contributed by atoms with van der Waals surface area (Å²) >= 11 is 0. The van der Waals surface area contributed by atoms with Crippen LogP contribution in [0.4, 0.5) is 10.1 Å². The Morgan fingerprint density at radius 2 is 2.22 bits per heavy atom. The molecular weight excluding hydrogens is 237 g/mol. The molecule has 0 radical (unpaired) electrons. The number of amides is 2. The van der Waals surface area contributed by atoms with E-state index in [4.69, 9.17) is 5.26 Å². The molecule has 0 aromatic heterocycles. The molecule has 92 valence electrons. The van der Waals surface area contributed by atoms with Gasteiger partial charge in [0.1, 0.15) is 23.5 Å². The van der Waals surface area contributed by atoms with Gasteiger partial charge in [-0.3, -0.25) is 14.5 Å². The standard InChI is InChI=1S/C12H10FN3O2/c1-16-11(17)5-10(12(16)18)15-9-4-2-3-8(13)7(9)6-14/h2-4,10,15H,5H2,1H3. The zero-order valence-electron chi connectivity index (χ0n) is 9.61. The lowest BCUT2D eigenvalue weighted by Gasteiger charge is -2.13. The van der Waals surface area contributed by atoms with Crippen LogP contribution in [-0.2, 0) is 9.59 Å². The van der Waals surface area contributed by atoms with Gasteiger partial charge in [-0.1, -0.05) is 6.07 Å². The summed E-state index contributed by atoms with van der Waals surface area (Å²) in [5, 5.41) is 11.6. The van der Waals surface area contributed by atoms with Crippen LogP contribution in [0.3, 0.4) is 0 Å². The topological polar surface area (TPSA) is 73.2 Å². The summed E-state index contributed by atoms with van der Waals surface area (Å²) in [7, 11) is 1.39. The maximum Gasteiger partial charge on any atom is 0.251 e. The molecule has 0 saturated carbocycles. The van der Waals surface area contributed by atoms with Gasteiger partial charge < -0.3 is 5.32 Å². The summed E-state index contributed by atoms with van der Waals surface area (Å²) in [5.74, 6) is -1.34. The summed E-state index contributed by atoms with van der Waals surface area (Å²) in [6.45, 7) is 0. The Hall–Kier alpha value is -2.42. The Balaban J connectivity index is 2.26. The van der Waals surface area contributed by atoms with E-state index < -0.39 is 11.9 Å². The number of anilines is 1. The fourth-order valence-electron chi connectivity index (χ4n) is 1.81. The first-order valence-electron chi connectivity index (χ1n) is 5.30. The number of rotatable bonds is 2. The molecule has 2 rings (SSSR count). The Morgan fingerprint density at radius 1 is 1.50 bits per heavy atom. The average molecular weight is 247 g/mol. The van der Waals surface area contributed by atoms with E-state index >= 15 is 0 Å². The maximum absolute atomic E-state index is 13.4. The van der Waals surface area contributed by atoms with Crippen LogP contribution < -0.4 is 5.32 Å². The summed E-state index contributed by atoms with van der Waals surface area (Å²) in [4.78, 5) is 24.0. The Labute approximate surface area is 103 Å². The van der Waals surface area contributed by atoms with Crippen molar-refractivity contribution in [1.29, 1.82) is 5.26 Å². The lowest BCUT2D eigenvalue weighted by atomic mass is 10.1. The van der Waals surface area contributed by atoms with E-state index in [2.05, 4.69) is 5.32 Å². The van der Waals surface area contributed by atoms with E-state index in [0.717, 1.165) is 11.0 Å². The van der Waals surface area contributed by atoms with Gasteiger partial charge in [0.25, 0.3) is 5.91 Å². The smallest absolute Gasteiger partial charge is 0.251 e. The number of nitriles is 1. The average Bonchev–Trinajstić information content (AvgIpc) is 2.57. The number of halogens is 1. The minimum Gasteiger partial charge on any atom is -0.372 e. The van der Waals surface area contributed by atoms with Gasteiger partial charge in [0.2, 0.25) is 5.91 Å². The van der Waals surface area contributed by atoms with Gasteiger partial charge in [0.05, 0.1) is 12.1 Å². The van der Waals surface area contributed by atoms with Crippen molar-refractivity contribution >= 4 is 17.5 Å². The SMILES string of the molecule is CN1C(=O)CC(Nc2cccc(F)c2C#N)C1=O. The second-order valence-electron chi connectivity index (χ2n) is 3.97. The molecule has 0 bridgehead atoms. The number of likely N-dealkylation sites (N-methyl/N-ethyl adjacent to an activating group) is 1. The van der Waals surface area contributed by atoms with E-state index in [9.17, 15) is 14.0 Å². The predicted molar refractivity (Wildman–Crippen MR) is 60.9 cm³/mol. The summed E-state index contributed by atoms with van der Waals surface area (Å²) in [6, 6.07) is 5.08. The zero-order valence-corrected chi connectivity index (χ0v) is 9.61. The molecule has 1 N–H and O–H groups in total. The first kappa shape index (κ1) is 12.0. The highest BCUT2D eigenvalue weighted by Gasteiger charge is 2.36. The van der Waals surface area contributed by atoms with Gasteiger partial charge in [-0.2, -0.15) is 5.26 Å². The number of hydrogen-bond acceptors (Lipinski definition) is 4. The van der Waals surface area contributed by atoms with Crippen LogP contribution in [0.25, 0.3) is 0 Å². The number of carbonyl (C=O) groups excluding carboxylic acids is 2. The van der Waals surface area contributed by atoms with E-state index in [1.54, 1.807) is 6.07 Å². The van der Waals surface area contributed by atoms with E-state index in [0.29, 0.717) is 0 Å². The van der Waals surface area contributed by atoms with Gasteiger partial charge in [0.15, 0.2) is 0 Å². The summed E-state index contributed by atoms with van der Waals surface area (Å²) in [6.07, 6.45) is 0.0106. The third kappa shape index (κ3) is 1.91. The molecule has 1 aromatic carbocycles. The van der Waals surface area contributed by atoms with Crippen molar-refractivity contribution in [2.75, 3.05) is 12.4 Å². The lowest BCUT2D eigenvalue weighted by Crippen LogP contribution is -2.32. The Bertz CT molecular complexity index is 565. The van der Waals surface area contributed by atoms with Crippen molar-refractivity contribution in [3.8, 4) is 6.07 Å². The van der Waals surface area contributed by atoms with Crippen LogP contribution in [0.1, 0.15) is 12.0 Å².